The first-order chi connectivity index (χ1) is 6.18. The fourth-order valence-electron chi connectivity index (χ4n) is 2.09. The van der Waals surface area contributed by atoms with E-state index in [0.717, 1.165) is 12.1 Å². The van der Waals surface area contributed by atoms with Crippen LogP contribution in [0.25, 0.3) is 0 Å². The summed E-state index contributed by atoms with van der Waals surface area (Å²) in [5.74, 6) is 0.911. The van der Waals surface area contributed by atoms with E-state index >= 15 is 0 Å². The molecule has 2 rings (SSSR count). The van der Waals surface area contributed by atoms with E-state index in [1.54, 1.807) is 6.07 Å². The lowest BCUT2D eigenvalue weighted by Crippen LogP contribution is -2.24. The van der Waals surface area contributed by atoms with Crippen molar-refractivity contribution in [1.29, 1.82) is 0 Å². The minimum absolute atomic E-state index is 0.371. The van der Waals surface area contributed by atoms with Crippen LogP contribution in [-0.4, -0.2) is 11.1 Å². The summed E-state index contributed by atoms with van der Waals surface area (Å²) in [6.07, 6.45) is 1.14. The Labute approximate surface area is 78.6 Å². The summed E-state index contributed by atoms with van der Waals surface area (Å²) < 4.78 is 0. The number of fused-ring (bicyclic) bond motifs is 1. The molecule has 1 aliphatic heterocycles. The Balaban J connectivity index is 2.49. The molecule has 1 aromatic carbocycles. The van der Waals surface area contributed by atoms with Crippen LogP contribution in [0.1, 0.15) is 31.7 Å². The van der Waals surface area contributed by atoms with Gasteiger partial charge in [-0.25, -0.2) is 0 Å². The monoisotopic (exact) mass is 177 g/mol. The summed E-state index contributed by atoms with van der Waals surface area (Å²) in [7, 11) is 0. The SMILES string of the molecule is C[C@@H]1C[C@@H](C)c2cccc(O)c2N1. The molecular formula is C11H15NO. The third-order valence-electron chi connectivity index (χ3n) is 2.70. The molecule has 1 aliphatic rings. The van der Waals surface area contributed by atoms with Gasteiger partial charge >= 0.3 is 0 Å². The standard InChI is InChI=1S/C11H15NO/c1-7-6-8(2)12-11-9(7)4-3-5-10(11)13/h3-5,7-8,12-13H,6H2,1-2H3/t7-,8-/m1/s1. The van der Waals surface area contributed by atoms with Crippen molar-refractivity contribution in [2.75, 3.05) is 5.32 Å². The van der Waals surface area contributed by atoms with Gasteiger partial charge in [-0.3, -0.25) is 0 Å². The molecule has 0 radical (unpaired) electrons. The first-order valence-electron chi connectivity index (χ1n) is 4.77. The highest BCUT2D eigenvalue weighted by molar-refractivity contribution is 5.64. The van der Waals surface area contributed by atoms with Gasteiger partial charge in [-0.2, -0.15) is 0 Å². The molecule has 0 saturated carbocycles. The summed E-state index contributed by atoms with van der Waals surface area (Å²) in [5.41, 5.74) is 2.16. The lowest BCUT2D eigenvalue weighted by atomic mass is 9.89. The molecular weight excluding hydrogens is 162 g/mol. The van der Waals surface area contributed by atoms with E-state index in [0.29, 0.717) is 17.7 Å². The van der Waals surface area contributed by atoms with Crippen LogP contribution in [0.3, 0.4) is 0 Å². The molecule has 0 bridgehead atoms. The van der Waals surface area contributed by atoms with Crippen molar-refractivity contribution in [3.8, 4) is 5.75 Å². The summed E-state index contributed by atoms with van der Waals surface area (Å²) >= 11 is 0. The Bertz CT molecular complexity index is 322. The maximum absolute atomic E-state index is 9.63. The highest BCUT2D eigenvalue weighted by Gasteiger charge is 2.22. The Morgan fingerprint density at radius 1 is 1.38 bits per heavy atom. The average Bonchev–Trinajstić information content (AvgIpc) is 2.07. The van der Waals surface area contributed by atoms with Gasteiger partial charge in [-0.1, -0.05) is 19.1 Å². The number of hydrogen-bond donors (Lipinski definition) is 2. The van der Waals surface area contributed by atoms with E-state index in [1.165, 1.54) is 5.56 Å². The number of phenols is 1. The number of nitrogens with one attached hydrogen (secondary N) is 1. The normalized spacial score (nSPS) is 26.3. The van der Waals surface area contributed by atoms with Crippen LogP contribution in [0.5, 0.6) is 5.75 Å². The Morgan fingerprint density at radius 2 is 2.15 bits per heavy atom. The molecule has 0 spiro atoms. The molecule has 0 unspecified atom stereocenters. The maximum Gasteiger partial charge on any atom is 0.138 e. The molecule has 13 heavy (non-hydrogen) atoms. The summed E-state index contributed by atoms with van der Waals surface area (Å²) in [4.78, 5) is 0. The van der Waals surface area contributed by atoms with Gasteiger partial charge < -0.3 is 10.4 Å². The summed E-state index contributed by atoms with van der Waals surface area (Å²) in [6.45, 7) is 4.35. The quantitative estimate of drug-likeness (QED) is 0.597. The minimum Gasteiger partial charge on any atom is -0.506 e. The first-order valence-corrected chi connectivity index (χ1v) is 4.77. The molecule has 2 heteroatoms. The number of benzene rings is 1. The molecule has 2 N–H and O–H groups in total. The zero-order valence-corrected chi connectivity index (χ0v) is 8.04. The van der Waals surface area contributed by atoms with Gasteiger partial charge in [-0.15, -0.1) is 0 Å². The molecule has 1 aromatic rings. The van der Waals surface area contributed by atoms with Crippen molar-refractivity contribution < 1.29 is 5.11 Å². The van der Waals surface area contributed by atoms with Crippen molar-refractivity contribution in [2.24, 2.45) is 0 Å². The van der Waals surface area contributed by atoms with Crippen molar-refractivity contribution in [3.05, 3.63) is 23.8 Å². The van der Waals surface area contributed by atoms with Crippen molar-refractivity contribution >= 4 is 5.69 Å². The van der Waals surface area contributed by atoms with Gasteiger partial charge in [0.1, 0.15) is 5.75 Å². The average molecular weight is 177 g/mol. The van der Waals surface area contributed by atoms with Crippen molar-refractivity contribution in [1.82, 2.24) is 0 Å². The molecule has 0 aliphatic carbocycles. The number of hydrogen-bond acceptors (Lipinski definition) is 2. The Morgan fingerprint density at radius 3 is 2.92 bits per heavy atom. The lowest BCUT2D eigenvalue weighted by Gasteiger charge is -2.29. The summed E-state index contributed by atoms with van der Waals surface area (Å²) in [6, 6.07) is 6.17. The van der Waals surface area contributed by atoms with Gasteiger partial charge in [0.05, 0.1) is 5.69 Å². The van der Waals surface area contributed by atoms with E-state index in [2.05, 4.69) is 25.2 Å². The third-order valence-corrected chi connectivity index (χ3v) is 2.70. The molecule has 0 fully saturated rings. The number of anilines is 1. The van der Waals surface area contributed by atoms with Gasteiger partial charge in [0, 0.05) is 6.04 Å². The van der Waals surface area contributed by atoms with Crippen LogP contribution in [0.15, 0.2) is 18.2 Å². The van der Waals surface area contributed by atoms with Gasteiger partial charge in [0.15, 0.2) is 0 Å². The molecule has 0 saturated heterocycles. The fraction of sp³-hybridized carbons (Fsp3) is 0.455. The molecule has 2 nitrogen and oxygen atoms in total. The second kappa shape index (κ2) is 2.95. The summed E-state index contributed by atoms with van der Waals surface area (Å²) in [5, 5.41) is 12.9. The van der Waals surface area contributed by atoms with Crippen LogP contribution in [-0.2, 0) is 0 Å². The highest BCUT2D eigenvalue weighted by Crippen LogP contribution is 2.38. The Hall–Kier alpha value is -1.18. The smallest absolute Gasteiger partial charge is 0.138 e. The zero-order valence-electron chi connectivity index (χ0n) is 8.04. The van der Waals surface area contributed by atoms with Crippen LogP contribution in [0, 0.1) is 0 Å². The van der Waals surface area contributed by atoms with Crippen LogP contribution in [0.2, 0.25) is 0 Å². The second-order valence-electron chi connectivity index (χ2n) is 3.92. The number of phenolic OH excluding ortho intramolecular Hbond substituents is 1. The van der Waals surface area contributed by atoms with Crippen molar-refractivity contribution in [3.63, 3.8) is 0 Å². The predicted molar refractivity (Wildman–Crippen MR) is 54.2 cm³/mol. The molecule has 0 aromatic heterocycles. The highest BCUT2D eigenvalue weighted by atomic mass is 16.3. The molecule has 1 heterocycles. The number of rotatable bonds is 0. The topological polar surface area (TPSA) is 32.3 Å². The predicted octanol–water partition coefficient (Wildman–Crippen LogP) is 2.70. The zero-order chi connectivity index (χ0) is 9.42. The number of aromatic hydroxyl groups is 1. The van der Waals surface area contributed by atoms with E-state index < -0.39 is 0 Å². The maximum atomic E-state index is 9.63. The van der Waals surface area contributed by atoms with Crippen LogP contribution >= 0.6 is 0 Å². The minimum atomic E-state index is 0.371. The van der Waals surface area contributed by atoms with E-state index in [-0.39, 0.29) is 0 Å². The first kappa shape index (κ1) is 8.42. The third kappa shape index (κ3) is 1.37. The lowest BCUT2D eigenvalue weighted by molar-refractivity contribution is 0.470. The largest absolute Gasteiger partial charge is 0.506 e. The second-order valence-corrected chi connectivity index (χ2v) is 3.92. The van der Waals surface area contributed by atoms with Gasteiger partial charge in [0.25, 0.3) is 0 Å². The van der Waals surface area contributed by atoms with Crippen LogP contribution in [0.4, 0.5) is 5.69 Å². The van der Waals surface area contributed by atoms with E-state index in [9.17, 15) is 5.11 Å². The van der Waals surface area contributed by atoms with E-state index in [1.807, 2.05) is 6.07 Å². The molecule has 70 valence electrons. The molecule has 0 amide bonds. The Kier molecular flexibility index (Phi) is 1.91. The molecule has 2 atom stereocenters. The number of para-hydroxylation sites is 1. The van der Waals surface area contributed by atoms with Gasteiger partial charge in [-0.05, 0) is 30.9 Å². The fourth-order valence-corrected chi connectivity index (χ4v) is 2.09. The van der Waals surface area contributed by atoms with Crippen molar-refractivity contribution in [2.45, 2.75) is 32.2 Å². The van der Waals surface area contributed by atoms with E-state index in [4.69, 9.17) is 0 Å². The van der Waals surface area contributed by atoms with Crippen LogP contribution < -0.4 is 5.32 Å². The van der Waals surface area contributed by atoms with Gasteiger partial charge in [0.2, 0.25) is 0 Å².